The third-order valence-corrected chi connectivity index (χ3v) is 7.71. The maximum Gasteiger partial charge on any atom is 0.225 e. The third kappa shape index (κ3) is 7.53. The van der Waals surface area contributed by atoms with Crippen molar-refractivity contribution in [1.82, 2.24) is 15.3 Å². The molecule has 0 aliphatic heterocycles. The second kappa shape index (κ2) is 13.3. The molecule has 0 amide bonds. The fourth-order valence-electron chi connectivity index (χ4n) is 4.97. The van der Waals surface area contributed by atoms with Crippen LogP contribution in [0.4, 0.5) is 11.8 Å². The Morgan fingerprint density at radius 1 is 0.872 bits per heavy atom. The molecule has 0 unspecified atom stereocenters. The molecule has 0 atom stereocenters. The van der Waals surface area contributed by atoms with Crippen LogP contribution in [0.5, 0.6) is 11.5 Å². The molecule has 2 N–H and O–H groups in total. The van der Waals surface area contributed by atoms with Crippen LogP contribution < -0.4 is 20.3 Å². The average Bonchev–Trinajstić information content (AvgIpc) is 2.91. The number of halogens is 2. The number of nitrogens with zero attached hydrogens (tertiary/aromatic N) is 3. The van der Waals surface area contributed by atoms with Crippen LogP contribution in [0.1, 0.15) is 38.7 Å². The molecule has 1 aliphatic carbocycles. The van der Waals surface area contributed by atoms with Gasteiger partial charge in [-0.15, -0.1) is 0 Å². The molecule has 4 aromatic rings. The first-order chi connectivity index (χ1) is 18.4. The van der Waals surface area contributed by atoms with E-state index in [1.54, 1.807) is 12.1 Å². The third-order valence-electron chi connectivity index (χ3n) is 6.97. The summed E-state index contributed by atoms with van der Waals surface area (Å²) in [5, 5.41) is 9.31. The van der Waals surface area contributed by atoms with E-state index in [1.807, 2.05) is 55.4 Å². The van der Waals surface area contributed by atoms with Crippen molar-refractivity contribution < 1.29 is 4.74 Å². The SMILES string of the molecule is C.CN(C)c1nc(NC2CCC(CNCc3cccc(Oc4ccc(Cl)c(Cl)c4)c3)CC2)nc2ccccc12. The highest BCUT2D eigenvalue weighted by Crippen LogP contribution is 2.30. The topological polar surface area (TPSA) is 62.3 Å². The number of fused-ring (bicyclic) bond motifs is 1. The Kier molecular flexibility index (Phi) is 9.89. The van der Waals surface area contributed by atoms with Crippen LogP contribution in [0, 0.1) is 5.92 Å². The summed E-state index contributed by atoms with van der Waals surface area (Å²) in [4.78, 5) is 11.6. The number of rotatable bonds is 9. The second-order valence-corrected chi connectivity index (χ2v) is 10.9. The summed E-state index contributed by atoms with van der Waals surface area (Å²) in [7, 11) is 4.05. The zero-order chi connectivity index (χ0) is 26.5. The van der Waals surface area contributed by atoms with E-state index < -0.39 is 0 Å². The Labute approximate surface area is 241 Å². The number of anilines is 2. The number of nitrogens with one attached hydrogen (secondary N) is 2. The number of aromatic nitrogens is 2. The lowest BCUT2D eigenvalue weighted by Gasteiger charge is -2.29. The maximum atomic E-state index is 6.11. The molecule has 1 heterocycles. The molecule has 1 aromatic heterocycles. The molecular formula is C31H37Cl2N5O. The lowest BCUT2D eigenvalue weighted by atomic mass is 9.86. The molecule has 0 spiro atoms. The van der Waals surface area contributed by atoms with Gasteiger partial charge in [0.1, 0.15) is 17.3 Å². The largest absolute Gasteiger partial charge is 0.457 e. The van der Waals surface area contributed by atoms with Crippen molar-refractivity contribution >= 4 is 45.9 Å². The van der Waals surface area contributed by atoms with E-state index in [0.29, 0.717) is 27.8 Å². The summed E-state index contributed by atoms with van der Waals surface area (Å²) in [6.07, 6.45) is 4.60. The molecule has 39 heavy (non-hydrogen) atoms. The zero-order valence-electron chi connectivity index (χ0n) is 21.8. The predicted molar refractivity (Wildman–Crippen MR) is 165 cm³/mol. The van der Waals surface area contributed by atoms with Crippen molar-refractivity contribution in [2.45, 2.75) is 45.7 Å². The van der Waals surface area contributed by atoms with E-state index in [4.69, 9.17) is 37.9 Å². The summed E-state index contributed by atoms with van der Waals surface area (Å²) >= 11 is 12.1. The molecule has 1 aliphatic rings. The standard InChI is InChI=1S/C30H33Cl2N5O.CH4/c1-37(2)29-25-8-3-4-9-28(25)35-30(36-29)34-22-12-10-20(11-13-22)18-33-19-21-6-5-7-23(16-21)38-24-14-15-26(31)27(32)17-24;/h3-9,14-17,20,22,33H,10-13,18-19H2,1-2H3,(H,34,35,36);1H4. The van der Waals surface area contributed by atoms with Crippen LogP contribution in [0.2, 0.25) is 10.0 Å². The van der Waals surface area contributed by atoms with E-state index in [2.05, 4.69) is 28.8 Å². The molecule has 6 nitrogen and oxygen atoms in total. The van der Waals surface area contributed by atoms with Gasteiger partial charge in [0, 0.05) is 38.1 Å². The molecule has 206 valence electrons. The van der Waals surface area contributed by atoms with Crippen LogP contribution in [0.3, 0.4) is 0 Å². The minimum absolute atomic E-state index is 0. The van der Waals surface area contributed by atoms with Crippen molar-refractivity contribution in [2.75, 3.05) is 30.9 Å². The van der Waals surface area contributed by atoms with E-state index in [9.17, 15) is 0 Å². The number of hydrogen-bond acceptors (Lipinski definition) is 6. The molecule has 0 bridgehead atoms. The molecule has 0 radical (unpaired) electrons. The summed E-state index contributed by atoms with van der Waals surface area (Å²) in [6.45, 7) is 1.80. The summed E-state index contributed by atoms with van der Waals surface area (Å²) in [6, 6.07) is 22.0. The van der Waals surface area contributed by atoms with Gasteiger partial charge in [0.05, 0.1) is 15.6 Å². The fraction of sp³-hybridized carbons (Fsp3) is 0.355. The van der Waals surface area contributed by atoms with Gasteiger partial charge >= 0.3 is 0 Å². The second-order valence-electron chi connectivity index (χ2n) is 10.1. The average molecular weight is 567 g/mol. The molecule has 1 saturated carbocycles. The Morgan fingerprint density at radius 2 is 1.64 bits per heavy atom. The minimum atomic E-state index is 0. The van der Waals surface area contributed by atoms with Crippen molar-refractivity contribution in [2.24, 2.45) is 5.92 Å². The van der Waals surface area contributed by atoms with Gasteiger partial charge < -0.3 is 20.3 Å². The highest BCUT2D eigenvalue weighted by molar-refractivity contribution is 6.42. The Balaban J connectivity index is 0.00000353. The van der Waals surface area contributed by atoms with Crippen LogP contribution in [0.25, 0.3) is 10.9 Å². The first-order valence-corrected chi connectivity index (χ1v) is 13.8. The first-order valence-electron chi connectivity index (χ1n) is 13.1. The Bertz CT molecular complexity index is 1390. The lowest BCUT2D eigenvalue weighted by Crippen LogP contribution is -2.31. The lowest BCUT2D eigenvalue weighted by molar-refractivity contribution is 0.323. The fourth-order valence-corrected chi connectivity index (χ4v) is 5.26. The molecular weight excluding hydrogens is 529 g/mol. The maximum absolute atomic E-state index is 6.11. The van der Waals surface area contributed by atoms with Crippen molar-refractivity contribution in [3.05, 3.63) is 82.3 Å². The quantitative estimate of drug-likeness (QED) is 0.213. The molecule has 8 heteroatoms. The van der Waals surface area contributed by atoms with Gasteiger partial charge in [-0.25, -0.2) is 4.98 Å². The predicted octanol–water partition coefficient (Wildman–Crippen LogP) is 8.19. The van der Waals surface area contributed by atoms with Gasteiger partial charge in [-0.1, -0.05) is 54.9 Å². The van der Waals surface area contributed by atoms with E-state index in [1.165, 1.54) is 18.4 Å². The number of ether oxygens (including phenoxy) is 1. The van der Waals surface area contributed by atoms with Crippen molar-refractivity contribution in [1.29, 1.82) is 0 Å². The highest BCUT2D eigenvalue weighted by atomic mass is 35.5. The highest BCUT2D eigenvalue weighted by Gasteiger charge is 2.22. The number of hydrogen-bond donors (Lipinski definition) is 2. The zero-order valence-corrected chi connectivity index (χ0v) is 23.3. The van der Waals surface area contributed by atoms with Gasteiger partial charge in [-0.2, -0.15) is 4.98 Å². The van der Waals surface area contributed by atoms with Crippen LogP contribution >= 0.6 is 23.2 Å². The van der Waals surface area contributed by atoms with Gasteiger partial charge in [0.15, 0.2) is 0 Å². The molecule has 3 aromatic carbocycles. The normalized spacial score (nSPS) is 16.9. The molecule has 1 fully saturated rings. The Morgan fingerprint density at radius 3 is 2.41 bits per heavy atom. The molecule has 5 rings (SSSR count). The minimum Gasteiger partial charge on any atom is -0.457 e. The van der Waals surface area contributed by atoms with Gasteiger partial charge in [0.25, 0.3) is 0 Å². The first kappa shape index (κ1) is 28.9. The summed E-state index contributed by atoms with van der Waals surface area (Å²) in [5.74, 6) is 3.78. The van der Waals surface area contributed by atoms with Crippen molar-refractivity contribution in [3.63, 3.8) is 0 Å². The monoisotopic (exact) mass is 565 g/mol. The van der Waals surface area contributed by atoms with Crippen molar-refractivity contribution in [3.8, 4) is 11.5 Å². The smallest absolute Gasteiger partial charge is 0.225 e. The van der Waals surface area contributed by atoms with E-state index in [0.717, 1.165) is 54.3 Å². The summed E-state index contributed by atoms with van der Waals surface area (Å²) in [5.41, 5.74) is 2.15. The number of para-hydroxylation sites is 1. The molecule has 0 saturated heterocycles. The number of benzene rings is 3. The van der Waals surface area contributed by atoms with Crippen LogP contribution in [0.15, 0.2) is 66.7 Å². The summed E-state index contributed by atoms with van der Waals surface area (Å²) < 4.78 is 5.97. The Hall–Kier alpha value is -3.06. The van der Waals surface area contributed by atoms with Crippen LogP contribution in [-0.2, 0) is 6.54 Å². The van der Waals surface area contributed by atoms with Gasteiger partial charge in [0.2, 0.25) is 5.95 Å². The van der Waals surface area contributed by atoms with E-state index >= 15 is 0 Å². The van der Waals surface area contributed by atoms with Crippen LogP contribution in [-0.4, -0.2) is 36.6 Å². The van der Waals surface area contributed by atoms with Gasteiger partial charge in [-0.3, -0.25) is 0 Å². The van der Waals surface area contributed by atoms with Gasteiger partial charge in [-0.05, 0) is 80.1 Å². The van der Waals surface area contributed by atoms with E-state index in [-0.39, 0.29) is 7.43 Å².